The van der Waals surface area contributed by atoms with Gasteiger partial charge in [-0.05, 0) is 42.0 Å². The van der Waals surface area contributed by atoms with Crippen LogP contribution in [0.5, 0.6) is 0 Å². The average molecular weight is 583 g/mol. The zero-order chi connectivity index (χ0) is 28.3. The van der Waals surface area contributed by atoms with E-state index in [1.807, 2.05) is 30.3 Å². The van der Waals surface area contributed by atoms with Gasteiger partial charge in [-0.2, -0.15) is 0 Å². The summed E-state index contributed by atoms with van der Waals surface area (Å²) in [6, 6.07) is 20.4. The van der Waals surface area contributed by atoms with Gasteiger partial charge in [-0.15, -0.1) is 5.10 Å². The lowest BCUT2D eigenvalue weighted by atomic mass is 10.0. The highest BCUT2D eigenvalue weighted by molar-refractivity contribution is 6.31. The molecule has 1 amide bonds. The predicted molar refractivity (Wildman–Crippen MR) is 156 cm³/mol. The number of amides is 1. The largest absolute Gasteiger partial charge is 0.324 e. The van der Waals surface area contributed by atoms with Crippen molar-refractivity contribution < 1.29 is 4.79 Å². The fourth-order valence-electron chi connectivity index (χ4n) is 4.51. The van der Waals surface area contributed by atoms with E-state index in [4.69, 9.17) is 23.2 Å². The van der Waals surface area contributed by atoms with E-state index in [9.17, 15) is 9.59 Å². The van der Waals surface area contributed by atoms with Gasteiger partial charge in [-0.1, -0.05) is 58.7 Å². The van der Waals surface area contributed by atoms with Crippen LogP contribution in [0.25, 0.3) is 27.8 Å². The first-order chi connectivity index (χ1) is 19.9. The molecule has 0 bridgehead atoms. The van der Waals surface area contributed by atoms with E-state index >= 15 is 0 Å². The van der Waals surface area contributed by atoms with Crippen molar-refractivity contribution in [3.05, 3.63) is 124 Å². The average Bonchev–Trinajstić information content (AvgIpc) is 3.42. The maximum atomic E-state index is 13.7. The molecule has 0 aliphatic carbocycles. The van der Waals surface area contributed by atoms with Gasteiger partial charge in [0.25, 0.3) is 5.56 Å². The number of anilines is 1. The van der Waals surface area contributed by atoms with Crippen LogP contribution in [-0.2, 0) is 11.2 Å². The number of nitrogens with one attached hydrogen (secondary N) is 1. The van der Waals surface area contributed by atoms with Crippen molar-refractivity contribution in [1.29, 1.82) is 0 Å². The summed E-state index contributed by atoms with van der Waals surface area (Å²) in [5.74, 6) is -0.373. The quantitative estimate of drug-likeness (QED) is 0.276. The van der Waals surface area contributed by atoms with Crippen LogP contribution in [0.4, 0.5) is 5.69 Å². The maximum Gasteiger partial charge on any atom is 0.254 e. The normalized spacial score (nSPS) is 11.9. The molecule has 0 aliphatic rings. The summed E-state index contributed by atoms with van der Waals surface area (Å²) in [6.45, 7) is 0. The molecule has 0 radical (unpaired) electrons. The summed E-state index contributed by atoms with van der Waals surface area (Å²) in [5.41, 5.74) is 3.26. The number of fused-ring (bicyclic) bond motifs is 1. The third-order valence-electron chi connectivity index (χ3n) is 6.47. The minimum atomic E-state index is -0.887. The molecule has 3 heterocycles. The van der Waals surface area contributed by atoms with Crippen LogP contribution in [0.3, 0.4) is 0 Å². The number of hydrogen-bond donors (Lipinski definition) is 1. The molecular weight excluding hydrogens is 563 g/mol. The molecule has 41 heavy (non-hydrogen) atoms. The molecule has 1 N–H and O–H groups in total. The number of hydrogen-bond acceptors (Lipinski definition) is 7. The van der Waals surface area contributed by atoms with Crippen molar-refractivity contribution in [1.82, 2.24) is 34.5 Å². The Morgan fingerprint density at radius 1 is 0.976 bits per heavy atom. The Morgan fingerprint density at radius 3 is 2.61 bits per heavy atom. The molecule has 0 aliphatic heterocycles. The van der Waals surface area contributed by atoms with Crippen LogP contribution in [0, 0.1) is 0 Å². The number of nitrogens with zero attached hydrogens (tertiary/aromatic N) is 7. The third kappa shape index (κ3) is 5.69. The molecule has 202 valence electrons. The minimum Gasteiger partial charge on any atom is -0.324 e. The van der Waals surface area contributed by atoms with Crippen LogP contribution in [0.1, 0.15) is 11.6 Å². The summed E-state index contributed by atoms with van der Waals surface area (Å²) >= 11 is 12.3. The van der Waals surface area contributed by atoms with Gasteiger partial charge in [0.1, 0.15) is 12.4 Å². The summed E-state index contributed by atoms with van der Waals surface area (Å²) in [6.07, 6.45) is 6.31. The standard InChI is InChI=1S/C29H20Cl2N8O2/c30-20-6-9-25(39-15-27(31)36-37-39)22(12-20)24-13-28(40)38(17-34-24)26(10-18-4-2-1-3-5-18)29(41)35-21-7-8-23-19(11-21)14-32-16-33-23/h1-9,11-17,26H,10H2,(H,35,41)/t26-/m0/s1. The molecule has 0 unspecified atom stereocenters. The highest BCUT2D eigenvalue weighted by Crippen LogP contribution is 2.28. The smallest absolute Gasteiger partial charge is 0.254 e. The summed E-state index contributed by atoms with van der Waals surface area (Å²) < 4.78 is 2.80. The molecule has 0 saturated carbocycles. The monoisotopic (exact) mass is 582 g/mol. The van der Waals surface area contributed by atoms with Crippen LogP contribution < -0.4 is 10.9 Å². The lowest BCUT2D eigenvalue weighted by molar-refractivity contribution is -0.119. The molecule has 0 fully saturated rings. The van der Waals surface area contributed by atoms with E-state index in [0.29, 0.717) is 27.7 Å². The number of carbonyl (C=O) groups is 1. The van der Waals surface area contributed by atoms with Crippen molar-refractivity contribution >= 4 is 45.7 Å². The van der Waals surface area contributed by atoms with Gasteiger partial charge in [0.15, 0.2) is 5.15 Å². The molecule has 12 heteroatoms. The summed E-state index contributed by atoms with van der Waals surface area (Å²) in [4.78, 5) is 40.0. The first-order valence-electron chi connectivity index (χ1n) is 12.5. The Morgan fingerprint density at radius 2 is 1.83 bits per heavy atom. The maximum absolute atomic E-state index is 13.7. The lowest BCUT2D eigenvalue weighted by Crippen LogP contribution is -2.34. The van der Waals surface area contributed by atoms with Crippen molar-refractivity contribution in [3.63, 3.8) is 0 Å². The van der Waals surface area contributed by atoms with E-state index in [0.717, 1.165) is 16.5 Å². The van der Waals surface area contributed by atoms with E-state index in [1.165, 1.54) is 34.2 Å². The molecule has 3 aromatic heterocycles. The number of aromatic nitrogens is 7. The number of benzene rings is 3. The molecule has 3 aromatic carbocycles. The zero-order valence-corrected chi connectivity index (χ0v) is 22.7. The molecule has 6 aromatic rings. The Labute approximate surface area is 243 Å². The van der Waals surface area contributed by atoms with Crippen LogP contribution >= 0.6 is 23.2 Å². The molecule has 10 nitrogen and oxygen atoms in total. The van der Waals surface area contributed by atoms with Crippen LogP contribution in [0.15, 0.2) is 103 Å². The topological polar surface area (TPSA) is 120 Å². The molecular formula is C29H20Cl2N8O2. The van der Waals surface area contributed by atoms with Crippen molar-refractivity contribution in [2.45, 2.75) is 12.5 Å². The Hall–Kier alpha value is -4.93. The summed E-state index contributed by atoms with van der Waals surface area (Å²) in [5, 5.41) is 12.2. The van der Waals surface area contributed by atoms with Gasteiger partial charge < -0.3 is 5.32 Å². The predicted octanol–water partition coefficient (Wildman–Crippen LogP) is 5.16. The Balaban J connectivity index is 1.37. The molecule has 6 rings (SSSR count). The van der Waals surface area contributed by atoms with Crippen molar-refractivity contribution in [3.8, 4) is 16.9 Å². The Kier molecular flexibility index (Phi) is 7.24. The molecule has 0 saturated heterocycles. The van der Waals surface area contributed by atoms with Crippen LogP contribution in [-0.4, -0.2) is 40.4 Å². The summed E-state index contributed by atoms with van der Waals surface area (Å²) in [7, 11) is 0. The highest BCUT2D eigenvalue weighted by Gasteiger charge is 2.24. The van der Waals surface area contributed by atoms with Gasteiger partial charge >= 0.3 is 0 Å². The molecule has 1 atom stereocenters. The number of rotatable bonds is 7. The van der Waals surface area contributed by atoms with Crippen molar-refractivity contribution in [2.75, 3.05) is 5.32 Å². The fraction of sp³-hybridized carbons (Fsp3) is 0.0690. The number of carbonyl (C=O) groups excluding carboxylic acids is 1. The fourth-order valence-corrected chi connectivity index (χ4v) is 4.81. The second kappa shape index (κ2) is 11.3. The van der Waals surface area contributed by atoms with E-state index in [1.54, 1.807) is 42.6 Å². The van der Waals surface area contributed by atoms with Gasteiger partial charge in [-0.25, -0.2) is 19.6 Å². The minimum absolute atomic E-state index is 0.211. The second-order valence-corrected chi connectivity index (χ2v) is 9.98. The van der Waals surface area contributed by atoms with Gasteiger partial charge in [0, 0.05) is 40.3 Å². The van der Waals surface area contributed by atoms with Crippen molar-refractivity contribution in [2.24, 2.45) is 0 Å². The van der Waals surface area contributed by atoms with Crippen LogP contribution in [0.2, 0.25) is 10.2 Å². The van der Waals surface area contributed by atoms with E-state index in [2.05, 4.69) is 30.6 Å². The second-order valence-electron chi connectivity index (χ2n) is 9.16. The van der Waals surface area contributed by atoms with Gasteiger partial charge in [-0.3, -0.25) is 14.2 Å². The highest BCUT2D eigenvalue weighted by atomic mass is 35.5. The molecule has 0 spiro atoms. The first kappa shape index (κ1) is 26.3. The Bertz CT molecular complexity index is 1940. The van der Waals surface area contributed by atoms with E-state index in [-0.39, 0.29) is 17.5 Å². The van der Waals surface area contributed by atoms with Gasteiger partial charge in [0.05, 0.1) is 29.4 Å². The lowest BCUT2D eigenvalue weighted by Gasteiger charge is -2.20. The van der Waals surface area contributed by atoms with E-state index < -0.39 is 11.6 Å². The SMILES string of the molecule is O=C(Nc1ccc2ncncc2c1)[C@H](Cc1ccccc1)n1cnc(-c2cc(Cl)ccc2-n2cc(Cl)nn2)cc1=O. The first-order valence-corrected chi connectivity index (χ1v) is 13.2. The zero-order valence-electron chi connectivity index (χ0n) is 21.2. The van der Waals surface area contributed by atoms with Gasteiger partial charge in [0.2, 0.25) is 5.91 Å². The number of halogens is 2. The third-order valence-corrected chi connectivity index (χ3v) is 6.87.